The SMILES string of the molecule is CC1(C)c2ccccc2-c2ccc(N(C3=CC4Oc5cc(N(c6ccc(-c7ccccc7)cc6)c6ccc7c(c6)C(C)(C)c6ccccc6-7)cc6cccc(c56)C4C=C3)c3ccc(-c4ccccc4)cc3)cc21. The number of nitrogens with zero attached hydrogens (tertiary/aromatic N) is 2. The van der Waals surface area contributed by atoms with Crippen LogP contribution in [0.25, 0.3) is 55.3 Å². The molecule has 0 spiro atoms. The minimum atomic E-state index is -0.243. The minimum Gasteiger partial charge on any atom is -0.485 e. The third-order valence-corrected chi connectivity index (χ3v) is 16.4. The Balaban J connectivity index is 0.884. The van der Waals surface area contributed by atoms with Gasteiger partial charge in [0.1, 0.15) is 11.9 Å². The smallest absolute Gasteiger partial charge is 0.130 e. The molecule has 0 saturated carbocycles. The summed E-state index contributed by atoms with van der Waals surface area (Å²) in [5, 5.41) is 2.33. The fourth-order valence-corrected chi connectivity index (χ4v) is 12.6. The highest BCUT2D eigenvalue weighted by Crippen LogP contribution is 2.54. The molecule has 0 radical (unpaired) electrons. The van der Waals surface area contributed by atoms with Crippen molar-refractivity contribution in [3.05, 3.63) is 276 Å². The minimum absolute atomic E-state index is 0.0452. The van der Waals surface area contributed by atoms with Crippen LogP contribution in [0.5, 0.6) is 5.75 Å². The van der Waals surface area contributed by atoms with E-state index in [0.717, 1.165) is 45.3 Å². The summed E-state index contributed by atoms with van der Waals surface area (Å²) in [7, 11) is 0. The molecule has 0 aromatic heterocycles. The van der Waals surface area contributed by atoms with E-state index in [1.54, 1.807) is 0 Å². The molecular formula is C70H54N2O. The Bertz CT molecular complexity index is 3880. The van der Waals surface area contributed by atoms with Crippen LogP contribution < -0.4 is 14.5 Å². The lowest BCUT2D eigenvalue weighted by Crippen LogP contribution is -2.31. The maximum Gasteiger partial charge on any atom is 0.130 e. The van der Waals surface area contributed by atoms with E-state index in [1.165, 1.54) is 77.7 Å². The highest BCUT2D eigenvalue weighted by molar-refractivity contribution is 5.98. The Morgan fingerprint density at radius 3 is 1.44 bits per heavy atom. The summed E-state index contributed by atoms with van der Waals surface area (Å²) in [6, 6.07) is 82.6. The van der Waals surface area contributed by atoms with Gasteiger partial charge in [0.15, 0.2) is 0 Å². The molecule has 3 aliphatic carbocycles. The molecule has 4 aliphatic rings. The zero-order chi connectivity index (χ0) is 49.0. The summed E-state index contributed by atoms with van der Waals surface area (Å²) in [6.45, 7) is 9.44. The van der Waals surface area contributed by atoms with Crippen molar-refractivity contribution in [3.63, 3.8) is 0 Å². The molecule has 0 fully saturated rings. The summed E-state index contributed by atoms with van der Waals surface area (Å²) in [6.07, 6.45) is 6.80. The van der Waals surface area contributed by atoms with Crippen LogP contribution in [0.2, 0.25) is 0 Å². The molecule has 10 aromatic rings. The van der Waals surface area contributed by atoms with Crippen molar-refractivity contribution in [1.82, 2.24) is 0 Å². The van der Waals surface area contributed by atoms with Crippen molar-refractivity contribution < 1.29 is 4.74 Å². The normalized spacial score (nSPS) is 16.8. The number of rotatable bonds is 8. The van der Waals surface area contributed by atoms with E-state index < -0.39 is 0 Å². The number of allylic oxidation sites excluding steroid dienone is 1. The van der Waals surface area contributed by atoms with Gasteiger partial charge in [0.05, 0.1) is 5.69 Å². The van der Waals surface area contributed by atoms with Crippen LogP contribution in [0, 0.1) is 0 Å². The van der Waals surface area contributed by atoms with Crippen molar-refractivity contribution in [2.75, 3.05) is 9.80 Å². The molecule has 3 nitrogen and oxygen atoms in total. The molecule has 0 bridgehead atoms. The first-order chi connectivity index (χ1) is 35.7. The predicted molar refractivity (Wildman–Crippen MR) is 304 cm³/mol. The number of hydrogen-bond acceptors (Lipinski definition) is 3. The molecule has 2 unspecified atom stereocenters. The molecule has 2 atom stereocenters. The topological polar surface area (TPSA) is 15.7 Å². The Labute approximate surface area is 428 Å². The summed E-state index contributed by atoms with van der Waals surface area (Å²) in [4.78, 5) is 4.84. The number of fused-ring (bicyclic) bond motifs is 8. The van der Waals surface area contributed by atoms with Crippen molar-refractivity contribution in [3.8, 4) is 50.3 Å². The molecule has 0 saturated heterocycles. The molecule has 350 valence electrons. The van der Waals surface area contributed by atoms with Crippen LogP contribution in [-0.4, -0.2) is 6.10 Å². The molecule has 0 amide bonds. The number of ether oxygens (including phenoxy) is 1. The average Bonchev–Trinajstić information content (AvgIpc) is 3.80. The van der Waals surface area contributed by atoms with Gasteiger partial charge in [0.25, 0.3) is 0 Å². The van der Waals surface area contributed by atoms with Gasteiger partial charge in [0, 0.05) is 56.6 Å². The van der Waals surface area contributed by atoms with Crippen molar-refractivity contribution in [2.45, 2.75) is 50.5 Å². The van der Waals surface area contributed by atoms with Crippen LogP contribution in [-0.2, 0) is 10.8 Å². The van der Waals surface area contributed by atoms with Gasteiger partial charge in [-0.1, -0.05) is 198 Å². The van der Waals surface area contributed by atoms with E-state index in [2.05, 4.69) is 280 Å². The Morgan fingerprint density at radius 1 is 0.384 bits per heavy atom. The summed E-state index contributed by atoms with van der Waals surface area (Å²) in [5.41, 5.74) is 23.0. The van der Waals surface area contributed by atoms with Crippen LogP contribution in [0.4, 0.5) is 28.4 Å². The average molecular weight is 939 g/mol. The van der Waals surface area contributed by atoms with Crippen LogP contribution in [0.3, 0.4) is 0 Å². The second-order valence-electron chi connectivity index (χ2n) is 21.2. The third-order valence-electron chi connectivity index (χ3n) is 16.4. The quantitative estimate of drug-likeness (QED) is 0.151. The lowest BCUT2D eigenvalue weighted by atomic mass is 9.82. The fraction of sp³-hybridized carbons (Fsp3) is 0.114. The highest BCUT2D eigenvalue weighted by atomic mass is 16.5. The Morgan fingerprint density at radius 2 is 0.863 bits per heavy atom. The molecule has 1 heterocycles. The van der Waals surface area contributed by atoms with E-state index in [9.17, 15) is 0 Å². The summed E-state index contributed by atoms with van der Waals surface area (Å²) >= 11 is 0. The number of hydrogen-bond donors (Lipinski definition) is 0. The van der Waals surface area contributed by atoms with Crippen LogP contribution in [0.1, 0.15) is 61.4 Å². The fourth-order valence-electron chi connectivity index (χ4n) is 12.6. The molecule has 10 aromatic carbocycles. The second-order valence-corrected chi connectivity index (χ2v) is 21.2. The van der Waals surface area contributed by atoms with Gasteiger partial charge in [-0.15, -0.1) is 0 Å². The van der Waals surface area contributed by atoms with Gasteiger partial charge in [-0.25, -0.2) is 0 Å². The van der Waals surface area contributed by atoms with Crippen molar-refractivity contribution >= 4 is 39.2 Å². The van der Waals surface area contributed by atoms with E-state index in [1.807, 2.05) is 0 Å². The number of anilines is 5. The Kier molecular flexibility index (Phi) is 9.72. The van der Waals surface area contributed by atoms with Crippen LogP contribution in [0.15, 0.2) is 248 Å². The Hall–Kier alpha value is -8.66. The first-order valence-corrected chi connectivity index (χ1v) is 25.7. The molecule has 14 rings (SSSR count). The largest absolute Gasteiger partial charge is 0.485 e. The van der Waals surface area contributed by atoms with Crippen LogP contribution >= 0.6 is 0 Å². The molecular weight excluding hydrogens is 885 g/mol. The molecule has 0 N–H and O–H groups in total. The molecule has 73 heavy (non-hydrogen) atoms. The summed E-state index contributed by atoms with van der Waals surface area (Å²) in [5.74, 6) is 0.939. The van der Waals surface area contributed by atoms with E-state index in [4.69, 9.17) is 4.74 Å². The monoisotopic (exact) mass is 938 g/mol. The first-order valence-electron chi connectivity index (χ1n) is 25.7. The first kappa shape index (κ1) is 43.2. The second kappa shape index (κ2) is 16.4. The van der Waals surface area contributed by atoms with Crippen molar-refractivity contribution in [1.29, 1.82) is 0 Å². The van der Waals surface area contributed by atoms with Gasteiger partial charge in [-0.05, 0) is 144 Å². The number of benzene rings is 10. The molecule has 3 heteroatoms. The lowest BCUT2D eigenvalue weighted by Gasteiger charge is -2.37. The zero-order valence-electron chi connectivity index (χ0n) is 41.6. The van der Waals surface area contributed by atoms with E-state index in [-0.39, 0.29) is 22.9 Å². The van der Waals surface area contributed by atoms with Gasteiger partial charge >= 0.3 is 0 Å². The van der Waals surface area contributed by atoms with Crippen molar-refractivity contribution in [2.24, 2.45) is 0 Å². The van der Waals surface area contributed by atoms with Gasteiger partial charge in [-0.2, -0.15) is 0 Å². The van der Waals surface area contributed by atoms with Gasteiger partial charge in [-0.3, -0.25) is 0 Å². The lowest BCUT2D eigenvalue weighted by molar-refractivity contribution is 0.226. The standard InChI is InChI=1S/C70H54N2O/c1-69(2)62-24-13-11-21-56(62)58-37-34-52(41-64(58)69)71(50-30-26-47(27-31-50)45-16-7-5-8-17-45)54-36-39-60-61-23-15-20-49-40-55(44-67(68(49)61)73-66(60)43-54)72(51-32-28-48(29-33-51)46-18-9-6-10-19-46)53-35-38-59-57-22-12-14-25-63(57)70(3,4)65(59)42-53/h5-44,60,66H,1-4H3. The van der Waals surface area contributed by atoms with Gasteiger partial charge < -0.3 is 14.5 Å². The summed E-state index contributed by atoms with van der Waals surface area (Å²) < 4.78 is 7.39. The van der Waals surface area contributed by atoms with Gasteiger partial charge in [0.2, 0.25) is 0 Å². The van der Waals surface area contributed by atoms with E-state index in [0.29, 0.717) is 0 Å². The zero-order valence-corrected chi connectivity index (χ0v) is 41.6. The predicted octanol–water partition coefficient (Wildman–Crippen LogP) is 18.4. The third kappa shape index (κ3) is 6.86. The highest BCUT2D eigenvalue weighted by Gasteiger charge is 2.39. The maximum atomic E-state index is 7.39. The van der Waals surface area contributed by atoms with E-state index >= 15 is 0 Å². The molecule has 1 aliphatic heterocycles. The maximum absolute atomic E-state index is 7.39.